The third-order valence-electron chi connectivity index (χ3n) is 5.72. The molecule has 0 bridgehead atoms. The standard InChI is InChI=1S/C21H26N4O3/c1-20(2,3)15-9-7-14(8-10-15)17-22-16(28-24-17)13-25-18(26)21(23-19(25)27)11-5-4-6-12-21/h7-10H,4-6,11-13H2,1-3H3,(H,23,27). The van der Waals surface area contributed by atoms with Gasteiger partial charge in [-0.1, -0.05) is 69.5 Å². The van der Waals surface area contributed by atoms with Crippen LogP contribution in [0.25, 0.3) is 11.4 Å². The summed E-state index contributed by atoms with van der Waals surface area (Å²) in [6, 6.07) is 7.65. The van der Waals surface area contributed by atoms with E-state index in [9.17, 15) is 9.59 Å². The molecule has 2 aromatic rings. The number of nitrogens with one attached hydrogen (secondary N) is 1. The number of benzene rings is 1. The fraction of sp³-hybridized carbons (Fsp3) is 0.524. The molecule has 0 atom stereocenters. The summed E-state index contributed by atoms with van der Waals surface area (Å²) in [6.45, 7) is 6.47. The maximum absolute atomic E-state index is 12.9. The van der Waals surface area contributed by atoms with Crippen molar-refractivity contribution in [3.05, 3.63) is 35.7 Å². The second-order valence-corrected chi connectivity index (χ2v) is 8.80. The van der Waals surface area contributed by atoms with Crippen LogP contribution >= 0.6 is 0 Å². The number of aromatic nitrogens is 2. The average Bonchev–Trinajstić information content (AvgIpc) is 3.21. The number of carbonyl (C=O) groups excluding carboxylic acids is 2. The van der Waals surface area contributed by atoms with Gasteiger partial charge < -0.3 is 9.84 Å². The molecule has 2 heterocycles. The van der Waals surface area contributed by atoms with Crippen molar-refractivity contribution in [3.8, 4) is 11.4 Å². The van der Waals surface area contributed by atoms with Gasteiger partial charge in [0.2, 0.25) is 11.7 Å². The van der Waals surface area contributed by atoms with Gasteiger partial charge >= 0.3 is 6.03 Å². The molecule has 1 aliphatic heterocycles. The number of urea groups is 1. The Hall–Kier alpha value is -2.70. The van der Waals surface area contributed by atoms with E-state index in [1.807, 2.05) is 12.1 Å². The average molecular weight is 382 g/mol. The Morgan fingerprint density at radius 1 is 1.11 bits per heavy atom. The molecule has 28 heavy (non-hydrogen) atoms. The van der Waals surface area contributed by atoms with Crippen LogP contribution in [-0.4, -0.2) is 32.5 Å². The quantitative estimate of drug-likeness (QED) is 0.816. The zero-order valence-electron chi connectivity index (χ0n) is 16.6. The lowest BCUT2D eigenvalue weighted by Gasteiger charge is -2.30. The second kappa shape index (κ2) is 6.72. The summed E-state index contributed by atoms with van der Waals surface area (Å²) < 4.78 is 5.32. The normalized spacial score (nSPS) is 19.3. The maximum atomic E-state index is 12.9. The second-order valence-electron chi connectivity index (χ2n) is 8.80. The molecular weight excluding hydrogens is 356 g/mol. The number of hydrogen-bond acceptors (Lipinski definition) is 5. The van der Waals surface area contributed by atoms with E-state index in [4.69, 9.17) is 4.52 Å². The van der Waals surface area contributed by atoms with E-state index in [0.717, 1.165) is 24.8 Å². The molecule has 7 heteroatoms. The molecule has 1 aliphatic carbocycles. The molecule has 1 saturated heterocycles. The van der Waals surface area contributed by atoms with Gasteiger partial charge in [-0.15, -0.1) is 0 Å². The van der Waals surface area contributed by atoms with Crippen LogP contribution in [0.4, 0.5) is 4.79 Å². The zero-order chi connectivity index (χ0) is 19.9. The van der Waals surface area contributed by atoms with Gasteiger partial charge in [-0.05, 0) is 23.8 Å². The minimum Gasteiger partial charge on any atom is -0.337 e. The van der Waals surface area contributed by atoms with Gasteiger partial charge in [0.05, 0.1) is 0 Å². The fourth-order valence-electron chi connectivity index (χ4n) is 4.00. The molecule has 4 rings (SSSR count). The summed E-state index contributed by atoms with van der Waals surface area (Å²) in [7, 11) is 0. The first-order chi connectivity index (χ1) is 13.3. The van der Waals surface area contributed by atoms with Crippen LogP contribution in [0.3, 0.4) is 0 Å². The van der Waals surface area contributed by atoms with E-state index < -0.39 is 5.54 Å². The van der Waals surface area contributed by atoms with Crippen LogP contribution < -0.4 is 5.32 Å². The third kappa shape index (κ3) is 3.30. The maximum Gasteiger partial charge on any atom is 0.325 e. The molecule has 7 nitrogen and oxygen atoms in total. The lowest BCUT2D eigenvalue weighted by atomic mass is 9.82. The van der Waals surface area contributed by atoms with E-state index in [0.29, 0.717) is 18.7 Å². The largest absolute Gasteiger partial charge is 0.337 e. The van der Waals surface area contributed by atoms with Gasteiger partial charge in [-0.25, -0.2) is 4.79 Å². The zero-order valence-corrected chi connectivity index (χ0v) is 16.6. The van der Waals surface area contributed by atoms with E-state index in [1.54, 1.807) is 0 Å². The number of carbonyl (C=O) groups is 2. The van der Waals surface area contributed by atoms with E-state index in [1.165, 1.54) is 10.5 Å². The number of imide groups is 1. The lowest BCUT2D eigenvalue weighted by molar-refractivity contribution is -0.133. The topological polar surface area (TPSA) is 88.3 Å². The molecule has 1 saturated carbocycles. The summed E-state index contributed by atoms with van der Waals surface area (Å²) in [4.78, 5) is 30.8. The highest BCUT2D eigenvalue weighted by Crippen LogP contribution is 2.34. The van der Waals surface area contributed by atoms with Crippen molar-refractivity contribution in [1.29, 1.82) is 0 Å². The van der Waals surface area contributed by atoms with Crippen molar-refractivity contribution in [1.82, 2.24) is 20.4 Å². The van der Waals surface area contributed by atoms with Gasteiger partial charge in [0.15, 0.2) is 0 Å². The summed E-state index contributed by atoms with van der Waals surface area (Å²) in [5.74, 6) is 0.535. The van der Waals surface area contributed by atoms with E-state index in [-0.39, 0.29) is 29.8 Å². The highest BCUT2D eigenvalue weighted by Gasteiger charge is 2.51. The van der Waals surface area contributed by atoms with E-state index in [2.05, 4.69) is 48.4 Å². The summed E-state index contributed by atoms with van der Waals surface area (Å²) >= 11 is 0. The van der Waals surface area contributed by atoms with Crippen molar-refractivity contribution < 1.29 is 14.1 Å². The van der Waals surface area contributed by atoms with Crippen LogP contribution in [0.15, 0.2) is 28.8 Å². The van der Waals surface area contributed by atoms with Gasteiger partial charge in [0.1, 0.15) is 12.1 Å². The predicted molar refractivity (Wildman–Crippen MR) is 103 cm³/mol. The third-order valence-corrected chi connectivity index (χ3v) is 5.72. The van der Waals surface area contributed by atoms with Crippen molar-refractivity contribution in [3.63, 3.8) is 0 Å². The molecule has 0 unspecified atom stereocenters. The Balaban J connectivity index is 1.49. The number of hydrogen-bond donors (Lipinski definition) is 1. The van der Waals surface area contributed by atoms with Crippen molar-refractivity contribution in [2.24, 2.45) is 0 Å². The van der Waals surface area contributed by atoms with Crippen molar-refractivity contribution in [2.45, 2.75) is 70.4 Å². The lowest BCUT2D eigenvalue weighted by Crippen LogP contribution is -2.48. The number of amides is 3. The van der Waals surface area contributed by atoms with Crippen LogP contribution in [0.1, 0.15) is 64.3 Å². The highest BCUT2D eigenvalue weighted by atomic mass is 16.5. The first-order valence-corrected chi connectivity index (χ1v) is 9.86. The Morgan fingerprint density at radius 3 is 2.43 bits per heavy atom. The van der Waals surface area contributed by atoms with Crippen LogP contribution in [0, 0.1) is 0 Å². The fourth-order valence-corrected chi connectivity index (χ4v) is 4.00. The first-order valence-electron chi connectivity index (χ1n) is 9.86. The molecule has 148 valence electrons. The number of nitrogens with zero attached hydrogens (tertiary/aromatic N) is 3. The number of rotatable bonds is 3. The summed E-state index contributed by atoms with van der Waals surface area (Å²) in [5.41, 5.74) is 1.39. The van der Waals surface area contributed by atoms with Crippen LogP contribution in [0.5, 0.6) is 0 Å². The van der Waals surface area contributed by atoms with E-state index >= 15 is 0 Å². The van der Waals surface area contributed by atoms with Gasteiger partial charge in [-0.2, -0.15) is 4.98 Å². The monoisotopic (exact) mass is 382 g/mol. The Labute approximate surface area is 164 Å². The van der Waals surface area contributed by atoms with Crippen LogP contribution in [-0.2, 0) is 16.8 Å². The van der Waals surface area contributed by atoms with Crippen molar-refractivity contribution >= 4 is 11.9 Å². The Kier molecular flexibility index (Phi) is 4.48. The smallest absolute Gasteiger partial charge is 0.325 e. The minimum atomic E-state index is -0.735. The molecule has 1 aromatic carbocycles. The SMILES string of the molecule is CC(C)(C)c1ccc(-c2noc(CN3C(=O)NC4(CCCCC4)C3=O)n2)cc1. The molecular formula is C21H26N4O3. The summed E-state index contributed by atoms with van der Waals surface area (Å²) in [5, 5.41) is 6.91. The predicted octanol–water partition coefficient (Wildman–Crippen LogP) is 3.79. The molecule has 1 spiro atoms. The molecule has 1 N–H and O–H groups in total. The minimum absolute atomic E-state index is 0.000505. The van der Waals surface area contributed by atoms with Gasteiger partial charge in [-0.3, -0.25) is 9.69 Å². The molecule has 1 aromatic heterocycles. The first kappa shape index (κ1) is 18.7. The van der Waals surface area contributed by atoms with Crippen molar-refractivity contribution in [2.75, 3.05) is 0 Å². The molecule has 0 radical (unpaired) electrons. The molecule has 2 aliphatic rings. The Morgan fingerprint density at radius 2 is 1.79 bits per heavy atom. The van der Waals surface area contributed by atoms with Crippen LogP contribution in [0.2, 0.25) is 0 Å². The summed E-state index contributed by atoms with van der Waals surface area (Å²) in [6.07, 6.45) is 4.41. The Bertz CT molecular complexity index is 889. The highest BCUT2D eigenvalue weighted by molar-refractivity contribution is 6.06. The molecule has 2 fully saturated rings. The van der Waals surface area contributed by atoms with Gasteiger partial charge in [0, 0.05) is 5.56 Å². The van der Waals surface area contributed by atoms with Gasteiger partial charge in [0.25, 0.3) is 5.91 Å². The molecule has 3 amide bonds.